The maximum absolute atomic E-state index is 13.7. The average Bonchev–Trinajstić information content (AvgIpc) is 2.56. The van der Waals surface area contributed by atoms with E-state index in [1.807, 2.05) is 12.1 Å². The summed E-state index contributed by atoms with van der Waals surface area (Å²) >= 11 is 0. The first kappa shape index (κ1) is 16.5. The Hall–Kier alpha value is -2.34. The highest BCUT2D eigenvalue weighted by molar-refractivity contribution is 6.03. The molecule has 1 aromatic heterocycles. The van der Waals surface area contributed by atoms with Gasteiger partial charge in [-0.15, -0.1) is 0 Å². The molecule has 0 atom stereocenters. The summed E-state index contributed by atoms with van der Waals surface area (Å²) in [5, 5.41) is 5.90. The first-order valence-electron chi connectivity index (χ1n) is 8.05. The number of carbonyl (C=O) groups excluding carboxylic acids is 1. The maximum Gasteiger partial charge on any atom is 0.259 e. The molecule has 24 heavy (non-hydrogen) atoms. The largest absolute Gasteiger partial charge is 0.317 e. The summed E-state index contributed by atoms with van der Waals surface area (Å²) in [6.45, 7) is 2.04. The molecule has 126 valence electrons. The van der Waals surface area contributed by atoms with E-state index in [4.69, 9.17) is 0 Å². The number of anilines is 1. The number of piperidine rings is 1. The number of aromatic nitrogens is 1. The van der Waals surface area contributed by atoms with Gasteiger partial charge in [0.1, 0.15) is 17.5 Å². The van der Waals surface area contributed by atoms with Crippen LogP contribution in [0, 0.1) is 17.6 Å². The molecule has 1 saturated heterocycles. The number of amides is 1. The van der Waals surface area contributed by atoms with Gasteiger partial charge in [0.15, 0.2) is 0 Å². The highest BCUT2D eigenvalue weighted by Crippen LogP contribution is 2.18. The van der Waals surface area contributed by atoms with Crippen molar-refractivity contribution in [2.24, 2.45) is 5.92 Å². The summed E-state index contributed by atoms with van der Waals surface area (Å²) < 4.78 is 26.6. The van der Waals surface area contributed by atoms with Crippen LogP contribution >= 0.6 is 0 Å². The number of pyridine rings is 1. The minimum absolute atomic E-state index is 0.207. The molecule has 3 rings (SSSR count). The predicted octanol–water partition coefficient (Wildman–Crippen LogP) is 3.15. The van der Waals surface area contributed by atoms with Gasteiger partial charge in [-0.3, -0.25) is 4.79 Å². The Morgan fingerprint density at radius 3 is 2.75 bits per heavy atom. The number of nitrogens with zero attached hydrogens (tertiary/aromatic N) is 1. The second kappa shape index (κ2) is 7.49. The van der Waals surface area contributed by atoms with Crippen LogP contribution in [0.25, 0.3) is 0 Å². The van der Waals surface area contributed by atoms with Gasteiger partial charge in [-0.2, -0.15) is 0 Å². The summed E-state index contributed by atoms with van der Waals surface area (Å²) in [6.07, 6.45) is 3.08. The summed E-state index contributed by atoms with van der Waals surface area (Å²) in [5.41, 5.74) is 0.696. The lowest BCUT2D eigenvalue weighted by Crippen LogP contribution is -2.28. The van der Waals surface area contributed by atoms with Gasteiger partial charge in [-0.05, 0) is 62.5 Å². The van der Waals surface area contributed by atoms with Crippen molar-refractivity contribution >= 4 is 11.7 Å². The van der Waals surface area contributed by atoms with Crippen molar-refractivity contribution in [3.8, 4) is 0 Å². The Balaban J connectivity index is 1.68. The highest BCUT2D eigenvalue weighted by atomic mass is 19.1. The molecule has 0 radical (unpaired) electrons. The Morgan fingerprint density at radius 1 is 1.21 bits per heavy atom. The van der Waals surface area contributed by atoms with Crippen LogP contribution in [0.3, 0.4) is 0 Å². The van der Waals surface area contributed by atoms with Crippen molar-refractivity contribution in [1.29, 1.82) is 0 Å². The minimum atomic E-state index is -0.890. The van der Waals surface area contributed by atoms with Gasteiger partial charge in [0, 0.05) is 11.8 Å². The number of hydrogen-bond donors (Lipinski definition) is 2. The SMILES string of the molecule is O=C(Nc1cccc(CC2CCNCC2)n1)c1ccc(F)cc1F. The number of hydrogen-bond acceptors (Lipinski definition) is 3. The van der Waals surface area contributed by atoms with E-state index < -0.39 is 17.5 Å². The van der Waals surface area contributed by atoms with Crippen LogP contribution < -0.4 is 10.6 Å². The molecule has 0 saturated carbocycles. The molecule has 1 aromatic carbocycles. The smallest absolute Gasteiger partial charge is 0.259 e. The van der Waals surface area contributed by atoms with Crippen molar-refractivity contribution < 1.29 is 13.6 Å². The number of nitrogens with one attached hydrogen (secondary N) is 2. The summed E-state index contributed by atoms with van der Waals surface area (Å²) in [6, 6.07) is 8.27. The molecule has 6 heteroatoms. The summed E-state index contributed by atoms with van der Waals surface area (Å²) in [7, 11) is 0. The normalized spacial score (nSPS) is 15.2. The summed E-state index contributed by atoms with van der Waals surface area (Å²) in [4.78, 5) is 16.6. The molecule has 1 amide bonds. The topological polar surface area (TPSA) is 54.0 Å². The number of rotatable bonds is 4. The van der Waals surface area contributed by atoms with Gasteiger partial charge in [0.05, 0.1) is 5.56 Å². The van der Waals surface area contributed by atoms with E-state index in [0.29, 0.717) is 17.8 Å². The molecule has 2 heterocycles. The van der Waals surface area contributed by atoms with Gasteiger partial charge < -0.3 is 10.6 Å². The van der Waals surface area contributed by atoms with Crippen LogP contribution in [0.5, 0.6) is 0 Å². The first-order valence-corrected chi connectivity index (χ1v) is 8.05. The van der Waals surface area contributed by atoms with E-state index in [-0.39, 0.29) is 5.56 Å². The van der Waals surface area contributed by atoms with Gasteiger partial charge in [-0.25, -0.2) is 13.8 Å². The van der Waals surface area contributed by atoms with Gasteiger partial charge >= 0.3 is 0 Å². The van der Waals surface area contributed by atoms with Crippen LogP contribution in [0.4, 0.5) is 14.6 Å². The Bertz CT molecular complexity index is 730. The molecule has 0 bridgehead atoms. The zero-order chi connectivity index (χ0) is 16.9. The third-order valence-electron chi connectivity index (χ3n) is 4.18. The number of halogens is 2. The third kappa shape index (κ3) is 4.14. The second-order valence-electron chi connectivity index (χ2n) is 5.99. The van der Waals surface area contributed by atoms with Gasteiger partial charge in [0.2, 0.25) is 0 Å². The van der Waals surface area contributed by atoms with Crippen LogP contribution in [0.2, 0.25) is 0 Å². The van der Waals surface area contributed by atoms with Crippen LogP contribution in [0.1, 0.15) is 28.9 Å². The summed E-state index contributed by atoms with van der Waals surface area (Å²) in [5.74, 6) is -1.29. The van der Waals surface area contributed by atoms with Crippen molar-refractivity contribution in [3.05, 3.63) is 59.3 Å². The fourth-order valence-corrected chi connectivity index (χ4v) is 2.90. The lowest BCUT2D eigenvalue weighted by atomic mass is 9.93. The molecule has 1 aliphatic rings. The fourth-order valence-electron chi connectivity index (χ4n) is 2.90. The molecular formula is C18H19F2N3O. The molecule has 2 N–H and O–H groups in total. The Labute approximate surface area is 139 Å². The van der Waals surface area contributed by atoms with E-state index >= 15 is 0 Å². The van der Waals surface area contributed by atoms with E-state index in [1.165, 1.54) is 0 Å². The van der Waals surface area contributed by atoms with Crippen LogP contribution in [-0.2, 0) is 6.42 Å². The highest BCUT2D eigenvalue weighted by Gasteiger charge is 2.16. The van der Waals surface area contributed by atoms with Crippen molar-refractivity contribution in [2.45, 2.75) is 19.3 Å². The zero-order valence-electron chi connectivity index (χ0n) is 13.2. The lowest BCUT2D eigenvalue weighted by molar-refractivity contribution is 0.102. The standard InChI is InChI=1S/C18H19F2N3O/c19-13-4-5-15(16(20)11-13)18(24)23-17-3-1-2-14(22-17)10-12-6-8-21-9-7-12/h1-5,11-12,21H,6-10H2,(H,22,23,24). The third-order valence-corrected chi connectivity index (χ3v) is 4.18. The zero-order valence-corrected chi connectivity index (χ0v) is 13.2. The predicted molar refractivity (Wildman–Crippen MR) is 87.8 cm³/mol. The van der Waals surface area contributed by atoms with Crippen LogP contribution in [0.15, 0.2) is 36.4 Å². The monoisotopic (exact) mass is 331 g/mol. The molecule has 0 aliphatic carbocycles. The van der Waals surface area contributed by atoms with E-state index in [9.17, 15) is 13.6 Å². The number of carbonyl (C=O) groups is 1. The Kier molecular flexibility index (Phi) is 5.15. The Morgan fingerprint density at radius 2 is 2.00 bits per heavy atom. The molecule has 4 nitrogen and oxygen atoms in total. The quantitative estimate of drug-likeness (QED) is 0.905. The average molecular weight is 331 g/mol. The lowest BCUT2D eigenvalue weighted by Gasteiger charge is -2.22. The first-order chi connectivity index (χ1) is 11.6. The van der Waals surface area contributed by atoms with E-state index in [0.717, 1.165) is 50.2 Å². The van der Waals surface area contributed by atoms with Crippen LogP contribution in [-0.4, -0.2) is 24.0 Å². The molecule has 2 aromatic rings. The number of benzene rings is 1. The molecule has 0 spiro atoms. The molecular weight excluding hydrogens is 312 g/mol. The maximum atomic E-state index is 13.7. The molecule has 1 fully saturated rings. The van der Waals surface area contributed by atoms with E-state index in [1.54, 1.807) is 6.07 Å². The fraction of sp³-hybridized carbons (Fsp3) is 0.333. The van der Waals surface area contributed by atoms with Gasteiger partial charge in [-0.1, -0.05) is 6.07 Å². The van der Waals surface area contributed by atoms with Gasteiger partial charge in [0.25, 0.3) is 5.91 Å². The van der Waals surface area contributed by atoms with E-state index in [2.05, 4.69) is 15.6 Å². The molecule has 0 unspecified atom stereocenters. The minimum Gasteiger partial charge on any atom is -0.317 e. The van der Waals surface area contributed by atoms with Crippen molar-refractivity contribution in [1.82, 2.24) is 10.3 Å². The molecule has 1 aliphatic heterocycles. The van der Waals surface area contributed by atoms with Crippen molar-refractivity contribution in [3.63, 3.8) is 0 Å². The second-order valence-corrected chi connectivity index (χ2v) is 5.99. The van der Waals surface area contributed by atoms with Crippen molar-refractivity contribution in [2.75, 3.05) is 18.4 Å².